The van der Waals surface area contributed by atoms with Crippen LogP contribution in [0.3, 0.4) is 0 Å². The maximum Gasteiger partial charge on any atom is 0.117 e. The predicted molar refractivity (Wildman–Crippen MR) is 93.0 cm³/mol. The molecule has 1 N–H and O–H groups in total. The first kappa shape index (κ1) is 16.7. The number of benzene rings is 1. The molecule has 0 heterocycles. The molecular formula is C17H23B2N. The Morgan fingerprint density at radius 2 is 1.65 bits per heavy atom. The van der Waals surface area contributed by atoms with Crippen molar-refractivity contribution >= 4 is 32.3 Å². The molecule has 102 valence electrons. The molecule has 0 aromatic heterocycles. The first-order valence-electron chi connectivity index (χ1n) is 6.95. The Labute approximate surface area is 126 Å². The number of rotatable bonds is 4. The Kier molecular flexibility index (Phi) is 5.33. The molecule has 0 unspecified atom stereocenters. The van der Waals surface area contributed by atoms with Crippen molar-refractivity contribution in [2.45, 2.75) is 47.5 Å². The Morgan fingerprint density at radius 1 is 1.10 bits per heavy atom. The van der Waals surface area contributed by atoms with Gasteiger partial charge in [0.05, 0.1) is 0 Å². The summed E-state index contributed by atoms with van der Waals surface area (Å²) in [5.41, 5.74) is 7.64. The topological polar surface area (TPSA) is 12.0 Å². The molecule has 0 aliphatic heterocycles. The number of hydrogen-bond donors (Lipinski definition) is 1. The van der Waals surface area contributed by atoms with Crippen LogP contribution in [0.5, 0.6) is 0 Å². The summed E-state index contributed by atoms with van der Waals surface area (Å²) in [5, 5.41) is 3.32. The van der Waals surface area contributed by atoms with Crippen LogP contribution in [0.2, 0.25) is 0 Å². The van der Waals surface area contributed by atoms with Gasteiger partial charge in [-0.25, -0.2) is 0 Å². The van der Waals surface area contributed by atoms with Crippen LogP contribution in [-0.2, 0) is 0 Å². The van der Waals surface area contributed by atoms with Gasteiger partial charge in [0.1, 0.15) is 15.7 Å². The maximum absolute atomic E-state index is 6.23. The minimum atomic E-state index is 0.353. The molecule has 20 heavy (non-hydrogen) atoms. The fourth-order valence-corrected chi connectivity index (χ4v) is 2.52. The van der Waals surface area contributed by atoms with E-state index in [1.54, 1.807) is 0 Å². The van der Waals surface area contributed by atoms with E-state index in [0.717, 1.165) is 33.5 Å². The second kappa shape index (κ2) is 6.39. The number of hydrogen-bond acceptors (Lipinski definition) is 1. The van der Waals surface area contributed by atoms with Crippen molar-refractivity contribution in [3.63, 3.8) is 0 Å². The summed E-state index contributed by atoms with van der Waals surface area (Å²) in [7, 11) is 12.5. The van der Waals surface area contributed by atoms with E-state index >= 15 is 0 Å². The van der Waals surface area contributed by atoms with Gasteiger partial charge in [-0.15, -0.1) is 0 Å². The van der Waals surface area contributed by atoms with Crippen molar-refractivity contribution in [3.05, 3.63) is 40.6 Å². The summed E-state index contributed by atoms with van der Waals surface area (Å²) in [6.45, 7) is 16.4. The molecule has 1 aromatic carbocycles. The second-order valence-electron chi connectivity index (χ2n) is 5.89. The van der Waals surface area contributed by atoms with Crippen molar-refractivity contribution in [3.8, 4) is 0 Å². The number of allylic oxidation sites excluding steroid dienone is 2. The van der Waals surface area contributed by atoms with Gasteiger partial charge < -0.3 is 5.32 Å². The fourth-order valence-electron chi connectivity index (χ4n) is 2.52. The highest BCUT2D eigenvalue weighted by Crippen LogP contribution is 2.24. The van der Waals surface area contributed by atoms with Crippen molar-refractivity contribution in [2.24, 2.45) is 0 Å². The minimum Gasteiger partial charge on any atom is -0.356 e. The van der Waals surface area contributed by atoms with Gasteiger partial charge in [0.2, 0.25) is 0 Å². The third-order valence-corrected chi connectivity index (χ3v) is 3.47. The van der Waals surface area contributed by atoms with Crippen LogP contribution in [0.15, 0.2) is 23.9 Å². The fraction of sp³-hybridized carbons (Fsp3) is 0.412. The van der Waals surface area contributed by atoms with Crippen molar-refractivity contribution in [1.82, 2.24) is 0 Å². The molecule has 0 fully saturated rings. The molecular weight excluding hydrogens is 240 g/mol. The van der Waals surface area contributed by atoms with E-state index in [-0.39, 0.29) is 0 Å². The monoisotopic (exact) mass is 263 g/mol. The number of anilines is 1. The highest BCUT2D eigenvalue weighted by Gasteiger charge is 2.16. The summed E-state index contributed by atoms with van der Waals surface area (Å²) < 4.78 is 0. The van der Waals surface area contributed by atoms with Gasteiger partial charge in [0.15, 0.2) is 0 Å². The van der Waals surface area contributed by atoms with E-state index in [0.29, 0.717) is 11.4 Å². The lowest BCUT2D eigenvalue weighted by atomic mass is 9.73. The van der Waals surface area contributed by atoms with E-state index < -0.39 is 0 Å². The van der Waals surface area contributed by atoms with Crippen LogP contribution in [0.1, 0.15) is 50.3 Å². The summed E-state index contributed by atoms with van der Waals surface area (Å²) >= 11 is 0. The van der Waals surface area contributed by atoms with Gasteiger partial charge in [-0.3, -0.25) is 0 Å². The average Bonchev–Trinajstić information content (AvgIpc) is 2.31. The lowest BCUT2D eigenvalue weighted by Gasteiger charge is -2.24. The average molecular weight is 263 g/mol. The molecule has 4 radical (unpaired) electrons. The third-order valence-electron chi connectivity index (χ3n) is 3.47. The van der Waals surface area contributed by atoms with Crippen molar-refractivity contribution in [1.29, 1.82) is 0 Å². The van der Waals surface area contributed by atoms with Crippen LogP contribution < -0.4 is 16.2 Å². The standard InChI is InChI=1S/C17H23B2N/c1-9(2)8-11(5)20-17-12(6)14(10(3)4)15(18)13(7)16(17)19/h8,10,20H,5H2,1-4,6-7H3. The van der Waals surface area contributed by atoms with Crippen LogP contribution in [0, 0.1) is 13.8 Å². The molecule has 3 heteroatoms. The molecule has 1 nitrogen and oxygen atoms in total. The molecule has 0 aliphatic rings. The Bertz CT molecular complexity index is 565. The maximum atomic E-state index is 6.23. The quantitative estimate of drug-likeness (QED) is 0.650. The van der Waals surface area contributed by atoms with Crippen LogP contribution in [0.4, 0.5) is 5.69 Å². The summed E-state index contributed by atoms with van der Waals surface area (Å²) in [6.07, 6.45) is 2.00. The van der Waals surface area contributed by atoms with Gasteiger partial charge in [-0.1, -0.05) is 42.5 Å². The molecule has 0 spiro atoms. The van der Waals surface area contributed by atoms with Gasteiger partial charge in [-0.2, -0.15) is 0 Å². The molecule has 1 aromatic rings. The predicted octanol–water partition coefficient (Wildman–Crippen LogP) is 2.91. The SMILES string of the molecule is [B]c1c(C)c([B])c(C(C)C)c(C)c1NC(=C)C=C(C)C. The Balaban J connectivity index is 3.40. The van der Waals surface area contributed by atoms with Gasteiger partial charge in [0, 0.05) is 11.4 Å². The van der Waals surface area contributed by atoms with Gasteiger partial charge in [-0.05, 0) is 50.8 Å². The Morgan fingerprint density at radius 3 is 2.10 bits per heavy atom. The zero-order chi connectivity index (χ0) is 15.6. The highest BCUT2D eigenvalue weighted by atomic mass is 14.9. The highest BCUT2D eigenvalue weighted by molar-refractivity contribution is 6.43. The zero-order valence-electron chi connectivity index (χ0n) is 13.5. The van der Waals surface area contributed by atoms with Crippen LogP contribution in [0.25, 0.3) is 0 Å². The molecule has 0 bridgehead atoms. The lowest BCUT2D eigenvalue weighted by Crippen LogP contribution is -2.29. The van der Waals surface area contributed by atoms with E-state index in [2.05, 4.69) is 32.7 Å². The Hall–Kier alpha value is -1.37. The molecule has 0 atom stereocenters. The molecule has 0 saturated heterocycles. The minimum absolute atomic E-state index is 0.353. The third kappa shape index (κ3) is 3.39. The smallest absolute Gasteiger partial charge is 0.117 e. The summed E-state index contributed by atoms with van der Waals surface area (Å²) in [4.78, 5) is 0. The molecule has 1 rings (SSSR count). The first-order chi connectivity index (χ1) is 9.16. The molecule has 0 saturated carbocycles. The summed E-state index contributed by atoms with van der Waals surface area (Å²) in [6, 6.07) is 0. The number of nitrogens with one attached hydrogen (secondary N) is 1. The van der Waals surface area contributed by atoms with E-state index in [4.69, 9.17) is 15.7 Å². The second-order valence-corrected chi connectivity index (χ2v) is 5.89. The largest absolute Gasteiger partial charge is 0.356 e. The van der Waals surface area contributed by atoms with E-state index in [1.807, 2.05) is 26.8 Å². The van der Waals surface area contributed by atoms with Crippen LogP contribution in [-0.4, -0.2) is 15.7 Å². The molecule has 0 aliphatic carbocycles. The normalized spacial score (nSPS) is 10.6. The summed E-state index contributed by atoms with van der Waals surface area (Å²) in [5.74, 6) is 0.353. The lowest BCUT2D eigenvalue weighted by molar-refractivity contribution is 0.863. The molecule has 0 amide bonds. The first-order valence-corrected chi connectivity index (χ1v) is 6.95. The zero-order valence-corrected chi connectivity index (χ0v) is 13.5. The van der Waals surface area contributed by atoms with Crippen LogP contribution >= 0.6 is 0 Å². The van der Waals surface area contributed by atoms with Gasteiger partial charge >= 0.3 is 0 Å². The van der Waals surface area contributed by atoms with E-state index in [1.165, 1.54) is 5.57 Å². The van der Waals surface area contributed by atoms with E-state index in [9.17, 15) is 0 Å². The van der Waals surface area contributed by atoms with Crippen molar-refractivity contribution in [2.75, 3.05) is 5.32 Å². The van der Waals surface area contributed by atoms with Gasteiger partial charge in [0.25, 0.3) is 0 Å². The van der Waals surface area contributed by atoms with Crippen molar-refractivity contribution < 1.29 is 0 Å².